The lowest BCUT2D eigenvalue weighted by Gasteiger charge is -2.19. The predicted octanol–water partition coefficient (Wildman–Crippen LogP) is 2.62. The molecule has 106 valence electrons. The highest BCUT2D eigenvalue weighted by atomic mass is 32.1. The lowest BCUT2D eigenvalue weighted by molar-refractivity contribution is -0.137. The van der Waals surface area contributed by atoms with Gasteiger partial charge in [0, 0.05) is 13.1 Å². The standard InChI is InChI=1S/C13H15N3O3S/c1-2-16(8-7-11(17)18)13(19)15-12-14-9-5-3-4-6-10(9)20-12/h3-6H,2,7-8H2,1H3,(H,17,18)(H,14,15,19). The van der Waals surface area contributed by atoms with E-state index in [0.29, 0.717) is 11.7 Å². The van der Waals surface area contributed by atoms with E-state index in [2.05, 4.69) is 10.3 Å². The first-order valence-corrected chi connectivity index (χ1v) is 7.05. The smallest absolute Gasteiger partial charge is 0.323 e. The highest BCUT2D eigenvalue weighted by Gasteiger charge is 2.14. The number of aromatic nitrogens is 1. The summed E-state index contributed by atoms with van der Waals surface area (Å²) in [4.78, 5) is 28.3. The summed E-state index contributed by atoms with van der Waals surface area (Å²) in [7, 11) is 0. The van der Waals surface area contributed by atoms with Gasteiger partial charge in [0.05, 0.1) is 16.6 Å². The number of urea groups is 1. The van der Waals surface area contributed by atoms with Gasteiger partial charge in [0.25, 0.3) is 0 Å². The Labute approximate surface area is 120 Å². The molecule has 2 aromatic rings. The lowest BCUT2D eigenvalue weighted by Crippen LogP contribution is -2.36. The quantitative estimate of drug-likeness (QED) is 0.887. The maximum atomic E-state index is 12.0. The number of carbonyl (C=O) groups is 2. The zero-order valence-electron chi connectivity index (χ0n) is 11.0. The van der Waals surface area contributed by atoms with Crippen molar-refractivity contribution in [3.63, 3.8) is 0 Å². The van der Waals surface area contributed by atoms with E-state index < -0.39 is 5.97 Å². The minimum Gasteiger partial charge on any atom is -0.481 e. The SMILES string of the molecule is CCN(CCC(=O)O)C(=O)Nc1nc2ccccc2s1. The van der Waals surface area contributed by atoms with E-state index in [9.17, 15) is 9.59 Å². The Bertz CT molecular complexity index is 593. The fourth-order valence-electron chi connectivity index (χ4n) is 1.73. The lowest BCUT2D eigenvalue weighted by atomic mass is 10.3. The number of para-hydroxylation sites is 1. The zero-order valence-corrected chi connectivity index (χ0v) is 11.8. The molecule has 0 spiro atoms. The molecule has 0 radical (unpaired) electrons. The summed E-state index contributed by atoms with van der Waals surface area (Å²) in [6, 6.07) is 7.29. The third kappa shape index (κ3) is 3.45. The second kappa shape index (κ2) is 6.33. The second-order valence-corrected chi connectivity index (χ2v) is 5.17. The van der Waals surface area contributed by atoms with Crippen molar-refractivity contribution < 1.29 is 14.7 Å². The molecule has 20 heavy (non-hydrogen) atoms. The van der Waals surface area contributed by atoms with Crippen LogP contribution in [0.4, 0.5) is 9.93 Å². The maximum absolute atomic E-state index is 12.0. The van der Waals surface area contributed by atoms with Gasteiger partial charge in [-0.15, -0.1) is 0 Å². The number of nitrogens with zero attached hydrogens (tertiary/aromatic N) is 2. The van der Waals surface area contributed by atoms with Crippen molar-refractivity contribution in [2.24, 2.45) is 0 Å². The Hall–Kier alpha value is -2.15. The Balaban J connectivity index is 2.03. The van der Waals surface area contributed by atoms with Gasteiger partial charge in [-0.05, 0) is 19.1 Å². The largest absolute Gasteiger partial charge is 0.481 e. The van der Waals surface area contributed by atoms with Gasteiger partial charge in [-0.2, -0.15) is 0 Å². The molecule has 0 aliphatic rings. The molecular weight excluding hydrogens is 278 g/mol. The summed E-state index contributed by atoms with van der Waals surface area (Å²) in [5.74, 6) is -0.920. The molecular formula is C13H15N3O3S. The number of anilines is 1. The Morgan fingerprint density at radius 2 is 2.15 bits per heavy atom. The number of amides is 2. The highest BCUT2D eigenvalue weighted by molar-refractivity contribution is 7.22. The van der Waals surface area contributed by atoms with Crippen molar-refractivity contribution in [1.29, 1.82) is 0 Å². The number of fused-ring (bicyclic) bond motifs is 1. The molecule has 0 bridgehead atoms. The molecule has 0 atom stereocenters. The van der Waals surface area contributed by atoms with Gasteiger partial charge in [-0.1, -0.05) is 23.5 Å². The van der Waals surface area contributed by atoms with Gasteiger partial charge in [-0.3, -0.25) is 10.1 Å². The van der Waals surface area contributed by atoms with Crippen LogP contribution in [0.15, 0.2) is 24.3 Å². The van der Waals surface area contributed by atoms with Gasteiger partial charge in [0.1, 0.15) is 0 Å². The molecule has 0 aliphatic heterocycles. The van der Waals surface area contributed by atoms with Gasteiger partial charge >= 0.3 is 12.0 Å². The number of benzene rings is 1. The molecule has 7 heteroatoms. The third-order valence-electron chi connectivity index (χ3n) is 2.77. The van der Waals surface area contributed by atoms with Crippen molar-refractivity contribution in [2.75, 3.05) is 18.4 Å². The Kier molecular flexibility index (Phi) is 4.52. The minimum absolute atomic E-state index is 0.0683. The number of carboxylic acid groups (broad SMARTS) is 1. The first-order valence-electron chi connectivity index (χ1n) is 6.23. The molecule has 2 rings (SSSR count). The Morgan fingerprint density at radius 1 is 1.40 bits per heavy atom. The average Bonchev–Trinajstić information content (AvgIpc) is 2.81. The molecule has 2 N–H and O–H groups in total. The molecule has 6 nitrogen and oxygen atoms in total. The number of aliphatic carboxylic acids is 1. The molecule has 1 aromatic carbocycles. The number of thiazole rings is 1. The third-order valence-corrected chi connectivity index (χ3v) is 3.72. The molecule has 1 aromatic heterocycles. The van der Waals surface area contributed by atoms with Crippen LogP contribution < -0.4 is 5.32 Å². The number of carbonyl (C=O) groups excluding carboxylic acids is 1. The second-order valence-electron chi connectivity index (χ2n) is 4.14. The van der Waals surface area contributed by atoms with E-state index in [4.69, 9.17) is 5.11 Å². The van der Waals surface area contributed by atoms with Crippen LogP contribution in [0.2, 0.25) is 0 Å². The van der Waals surface area contributed by atoms with E-state index in [0.717, 1.165) is 10.2 Å². The van der Waals surface area contributed by atoms with Crippen LogP contribution in [-0.2, 0) is 4.79 Å². The van der Waals surface area contributed by atoms with Crippen LogP contribution in [0.25, 0.3) is 10.2 Å². The number of rotatable bonds is 5. The molecule has 1 heterocycles. The van der Waals surface area contributed by atoms with Crippen LogP contribution >= 0.6 is 11.3 Å². The predicted molar refractivity (Wildman–Crippen MR) is 78.1 cm³/mol. The first-order chi connectivity index (χ1) is 9.60. The van der Waals surface area contributed by atoms with E-state index in [1.165, 1.54) is 16.2 Å². The molecule has 0 saturated carbocycles. The van der Waals surface area contributed by atoms with E-state index >= 15 is 0 Å². The average molecular weight is 293 g/mol. The summed E-state index contributed by atoms with van der Waals surface area (Å²) in [6.07, 6.45) is -0.0683. The summed E-state index contributed by atoms with van der Waals surface area (Å²) in [6.45, 7) is 2.44. The Morgan fingerprint density at radius 3 is 2.80 bits per heavy atom. The zero-order chi connectivity index (χ0) is 14.5. The van der Waals surface area contributed by atoms with E-state index in [1.54, 1.807) is 6.92 Å². The van der Waals surface area contributed by atoms with Crippen LogP contribution in [0, 0.1) is 0 Å². The monoisotopic (exact) mass is 293 g/mol. The molecule has 0 aliphatic carbocycles. The normalized spacial score (nSPS) is 10.4. The summed E-state index contributed by atoms with van der Waals surface area (Å²) in [5.41, 5.74) is 0.835. The van der Waals surface area contributed by atoms with Crippen molar-refractivity contribution in [2.45, 2.75) is 13.3 Å². The van der Waals surface area contributed by atoms with Crippen molar-refractivity contribution in [3.8, 4) is 0 Å². The van der Waals surface area contributed by atoms with Crippen LogP contribution in [0.1, 0.15) is 13.3 Å². The number of hydrogen-bond donors (Lipinski definition) is 2. The summed E-state index contributed by atoms with van der Waals surface area (Å²) < 4.78 is 0.997. The van der Waals surface area contributed by atoms with Crippen molar-refractivity contribution >= 4 is 38.7 Å². The maximum Gasteiger partial charge on any atom is 0.323 e. The first kappa shape index (κ1) is 14.3. The van der Waals surface area contributed by atoms with Gasteiger partial charge in [-0.25, -0.2) is 9.78 Å². The van der Waals surface area contributed by atoms with Crippen molar-refractivity contribution in [1.82, 2.24) is 9.88 Å². The summed E-state index contributed by atoms with van der Waals surface area (Å²) in [5, 5.41) is 11.9. The molecule has 0 saturated heterocycles. The van der Waals surface area contributed by atoms with Crippen LogP contribution in [-0.4, -0.2) is 40.1 Å². The van der Waals surface area contributed by atoms with Gasteiger partial charge in [0.2, 0.25) is 0 Å². The van der Waals surface area contributed by atoms with E-state index in [1.807, 2.05) is 24.3 Å². The molecule has 2 amide bonds. The molecule has 0 unspecified atom stereocenters. The fraction of sp³-hybridized carbons (Fsp3) is 0.308. The number of hydrogen-bond acceptors (Lipinski definition) is 4. The van der Waals surface area contributed by atoms with Crippen molar-refractivity contribution in [3.05, 3.63) is 24.3 Å². The highest BCUT2D eigenvalue weighted by Crippen LogP contribution is 2.25. The number of nitrogens with one attached hydrogen (secondary N) is 1. The van der Waals surface area contributed by atoms with Gasteiger partial charge < -0.3 is 10.0 Å². The fourth-order valence-corrected chi connectivity index (χ4v) is 2.59. The number of carboxylic acids is 1. The molecule has 0 fully saturated rings. The van der Waals surface area contributed by atoms with E-state index in [-0.39, 0.29) is 19.0 Å². The van der Waals surface area contributed by atoms with Gasteiger partial charge in [0.15, 0.2) is 5.13 Å². The topological polar surface area (TPSA) is 82.5 Å². The van der Waals surface area contributed by atoms with Crippen LogP contribution in [0.3, 0.4) is 0 Å². The van der Waals surface area contributed by atoms with Crippen LogP contribution in [0.5, 0.6) is 0 Å². The minimum atomic E-state index is -0.920. The summed E-state index contributed by atoms with van der Waals surface area (Å²) >= 11 is 1.39.